The summed E-state index contributed by atoms with van der Waals surface area (Å²) in [6.07, 6.45) is -0.367. The van der Waals surface area contributed by atoms with Gasteiger partial charge in [-0.15, -0.1) is 0 Å². The van der Waals surface area contributed by atoms with E-state index in [1.165, 1.54) is 0 Å². The Balaban J connectivity index is 1.72. The molecule has 2 N–H and O–H groups in total. The predicted molar refractivity (Wildman–Crippen MR) is 93.6 cm³/mol. The number of nitrogens with one attached hydrogen (secondary N) is 2. The number of urea groups is 1. The lowest BCUT2D eigenvalue weighted by molar-refractivity contribution is -0.131. The van der Waals surface area contributed by atoms with E-state index < -0.39 is 6.03 Å². The number of ether oxygens (including phenoxy) is 1. The number of hydrogen-bond acceptors (Lipinski definition) is 4. The summed E-state index contributed by atoms with van der Waals surface area (Å²) in [5, 5.41) is 5.62. The highest BCUT2D eigenvalue weighted by Gasteiger charge is 2.24. The molecule has 1 aliphatic rings. The number of piperazine rings is 1. The van der Waals surface area contributed by atoms with Gasteiger partial charge in [-0.1, -0.05) is 17.7 Å². The van der Waals surface area contributed by atoms with Gasteiger partial charge in [-0.3, -0.25) is 4.79 Å². The predicted octanol–water partition coefficient (Wildman–Crippen LogP) is 1.76. The van der Waals surface area contributed by atoms with Gasteiger partial charge in [0.2, 0.25) is 5.91 Å². The minimum absolute atomic E-state index is 0.119. The lowest BCUT2D eigenvalue weighted by Gasteiger charge is -2.34. The fourth-order valence-corrected chi connectivity index (χ4v) is 2.55. The summed E-state index contributed by atoms with van der Waals surface area (Å²) < 4.78 is 4.93. The van der Waals surface area contributed by atoms with Crippen LogP contribution < -0.4 is 10.6 Å². The van der Waals surface area contributed by atoms with E-state index in [-0.39, 0.29) is 18.5 Å². The zero-order chi connectivity index (χ0) is 18.2. The Labute approximate surface area is 151 Å². The van der Waals surface area contributed by atoms with Gasteiger partial charge in [-0.25, -0.2) is 9.59 Å². The number of halogens is 1. The first-order valence-electron chi connectivity index (χ1n) is 7.99. The van der Waals surface area contributed by atoms with Crippen LogP contribution in [-0.2, 0) is 9.53 Å². The van der Waals surface area contributed by atoms with Gasteiger partial charge in [0.1, 0.15) is 0 Å². The van der Waals surface area contributed by atoms with Crippen LogP contribution in [0, 0.1) is 0 Å². The van der Waals surface area contributed by atoms with E-state index in [1.807, 2.05) is 0 Å². The summed E-state index contributed by atoms with van der Waals surface area (Å²) in [4.78, 5) is 38.7. The largest absolute Gasteiger partial charge is 0.450 e. The third-order valence-corrected chi connectivity index (χ3v) is 3.88. The van der Waals surface area contributed by atoms with Crippen LogP contribution in [0.25, 0.3) is 0 Å². The molecule has 1 aromatic rings. The number of carbonyl (C=O) groups is 3. The summed E-state index contributed by atoms with van der Waals surface area (Å²) in [5.41, 5.74) is 0.542. The van der Waals surface area contributed by atoms with Gasteiger partial charge in [0.15, 0.2) is 0 Å². The zero-order valence-electron chi connectivity index (χ0n) is 14.0. The molecule has 0 aromatic heterocycles. The molecule has 0 aliphatic carbocycles. The third-order valence-electron chi connectivity index (χ3n) is 3.64. The highest BCUT2D eigenvalue weighted by molar-refractivity contribution is 6.30. The SMILES string of the molecule is CCOC(=O)N1CCN(C(=O)CNC(=O)Nc2cccc(Cl)c2)CC1. The Bertz CT molecular complexity index is 632. The minimum atomic E-state index is -0.485. The van der Waals surface area contributed by atoms with Crippen molar-refractivity contribution in [3.8, 4) is 0 Å². The first kappa shape index (κ1) is 18.9. The molecule has 0 radical (unpaired) electrons. The quantitative estimate of drug-likeness (QED) is 0.847. The van der Waals surface area contributed by atoms with Gasteiger partial charge in [0.05, 0.1) is 13.2 Å². The van der Waals surface area contributed by atoms with Gasteiger partial charge >= 0.3 is 12.1 Å². The van der Waals surface area contributed by atoms with Gasteiger partial charge in [0.25, 0.3) is 0 Å². The van der Waals surface area contributed by atoms with E-state index in [1.54, 1.807) is 41.0 Å². The van der Waals surface area contributed by atoms with Gasteiger partial charge in [-0.2, -0.15) is 0 Å². The smallest absolute Gasteiger partial charge is 0.409 e. The number of benzene rings is 1. The minimum Gasteiger partial charge on any atom is -0.450 e. The Hall–Kier alpha value is -2.48. The van der Waals surface area contributed by atoms with Gasteiger partial charge in [0, 0.05) is 36.9 Å². The van der Waals surface area contributed by atoms with Crippen LogP contribution in [0.1, 0.15) is 6.92 Å². The van der Waals surface area contributed by atoms with Crippen LogP contribution in [0.3, 0.4) is 0 Å². The van der Waals surface area contributed by atoms with E-state index in [0.29, 0.717) is 43.5 Å². The van der Waals surface area contributed by atoms with Crippen molar-refractivity contribution in [2.24, 2.45) is 0 Å². The number of carbonyl (C=O) groups excluding carboxylic acids is 3. The van der Waals surface area contributed by atoms with Crippen molar-refractivity contribution in [2.45, 2.75) is 6.92 Å². The van der Waals surface area contributed by atoms with Gasteiger partial charge in [-0.05, 0) is 25.1 Å². The molecule has 4 amide bonds. The molecule has 1 fully saturated rings. The summed E-state index contributed by atoms with van der Waals surface area (Å²) in [5.74, 6) is -0.204. The molecule has 0 unspecified atom stereocenters. The van der Waals surface area contributed by atoms with Crippen molar-refractivity contribution in [3.63, 3.8) is 0 Å². The number of rotatable bonds is 4. The summed E-state index contributed by atoms with van der Waals surface area (Å²) >= 11 is 5.84. The fourth-order valence-electron chi connectivity index (χ4n) is 2.36. The van der Waals surface area contributed by atoms with Crippen LogP contribution in [0.4, 0.5) is 15.3 Å². The van der Waals surface area contributed by atoms with Crippen molar-refractivity contribution in [3.05, 3.63) is 29.3 Å². The topological polar surface area (TPSA) is 91.0 Å². The highest BCUT2D eigenvalue weighted by Crippen LogP contribution is 2.14. The summed E-state index contributed by atoms with van der Waals surface area (Å²) in [6, 6.07) is 6.23. The summed E-state index contributed by atoms with van der Waals surface area (Å²) in [6.45, 7) is 3.61. The molecule has 0 atom stereocenters. The number of hydrogen-bond donors (Lipinski definition) is 2. The van der Waals surface area contributed by atoms with E-state index >= 15 is 0 Å². The Morgan fingerprint density at radius 3 is 2.48 bits per heavy atom. The Kier molecular flexibility index (Phi) is 6.88. The molecule has 1 aromatic carbocycles. The van der Waals surface area contributed by atoms with Crippen LogP contribution in [0.5, 0.6) is 0 Å². The highest BCUT2D eigenvalue weighted by atomic mass is 35.5. The Morgan fingerprint density at radius 2 is 1.84 bits per heavy atom. The lowest BCUT2D eigenvalue weighted by Crippen LogP contribution is -2.52. The van der Waals surface area contributed by atoms with E-state index in [9.17, 15) is 14.4 Å². The molecule has 8 nitrogen and oxygen atoms in total. The standard InChI is InChI=1S/C16H21ClN4O4/c1-2-25-16(24)21-8-6-20(7-9-21)14(22)11-18-15(23)19-13-5-3-4-12(17)10-13/h3-5,10H,2,6-9,11H2,1H3,(H2,18,19,23). The maximum Gasteiger partial charge on any atom is 0.409 e. The van der Waals surface area contributed by atoms with Crippen LogP contribution >= 0.6 is 11.6 Å². The molecule has 9 heteroatoms. The maximum absolute atomic E-state index is 12.1. The number of nitrogens with zero attached hydrogens (tertiary/aromatic N) is 2. The van der Waals surface area contributed by atoms with Crippen molar-refractivity contribution in [1.29, 1.82) is 0 Å². The molecule has 1 heterocycles. The van der Waals surface area contributed by atoms with E-state index in [0.717, 1.165) is 0 Å². The second-order valence-electron chi connectivity index (χ2n) is 5.38. The second-order valence-corrected chi connectivity index (χ2v) is 5.82. The average Bonchev–Trinajstić information content (AvgIpc) is 2.60. The zero-order valence-corrected chi connectivity index (χ0v) is 14.7. The van der Waals surface area contributed by atoms with E-state index in [4.69, 9.17) is 16.3 Å². The first-order chi connectivity index (χ1) is 12.0. The van der Waals surface area contributed by atoms with Crippen molar-refractivity contribution >= 4 is 35.3 Å². The van der Waals surface area contributed by atoms with Crippen LogP contribution in [0.2, 0.25) is 5.02 Å². The monoisotopic (exact) mass is 368 g/mol. The normalized spacial score (nSPS) is 14.0. The summed E-state index contributed by atoms with van der Waals surface area (Å²) in [7, 11) is 0. The Morgan fingerprint density at radius 1 is 1.16 bits per heavy atom. The first-order valence-corrected chi connectivity index (χ1v) is 8.37. The molecule has 0 bridgehead atoms. The molecule has 0 spiro atoms. The van der Waals surface area contributed by atoms with Crippen LogP contribution in [0.15, 0.2) is 24.3 Å². The molecule has 1 saturated heterocycles. The number of anilines is 1. The molecule has 0 saturated carbocycles. The molecule has 136 valence electrons. The third kappa shape index (κ3) is 5.82. The fraction of sp³-hybridized carbons (Fsp3) is 0.438. The van der Waals surface area contributed by atoms with Gasteiger partial charge < -0.3 is 25.2 Å². The van der Waals surface area contributed by atoms with Crippen molar-refractivity contribution in [2.75, 3.05) is 44.6 Å². The number of amides is 4. The van der Waals surface area contributed by atoms with E-state index in [2.05, 4.69) is 10.6 Å². The second kappa shape index (κ2) is 9.12. The molecule has 25 heavy (non-hydrogen) atoms. The lowest BCUT2D eigenvalue weighted by atomic mass is 10.3. The average molecular weight is 369 g/mol. The van der Waals surface area contributed by atoms with Crippen molar-refractivity contribution < 1.29 is 19.1 Å². The molecule has 2 rings (SSSR count). The molecule has 1 aliphatic heterocycles. The molecular formula is C16H21ClN4O4. The maximum atomic E-state index is 12.1. The van der Waals surface area contributed by atoms with Crippen LogP contribution in [-0.4, -0.2) is 67.2 Å². The molecular weight excluding hydrogens is 348 g/mol. The van der Waals surface area contributed by atoms with Crippen molar-refractivity contribution in [1.82, 2.24) is 15.1 Å².